The van der Waals surface area contributed by atoms with Gasteiger partial charge < -0.3 is 4.74 Å². The van der Waals surface area contributed by atoms with Crippen molar-refractivity contribution in [3.8, 4) is 11.1 Å². The molecule has 4 aromatic carbocycles. The molecule has 176 valence electrons. The molecule has 0 saturated carbocycles. The molecule has 35 heavy (non-hydrogen) atoms. The molecule has 4 aromatic rings. The maximum absolute atomic E-state index is 13.3. The first-order valence-corrected chi connectivity index (χ1v) is 11.9. The first-order chi connectivity index (χ1) is 16.9. The van der Waals surface area contributed by atoms with Gasteiger partial charge in [-0.2, -0.15) is 0 Å². The summed E-state index contributed by atoms with van der Waals surface area (Å²) >= 11 is 0. The molecule has 0 aliphatic heterocycles. The molecule has 0 aliphatic rings. The van der Waals surface area contributed by atoms with Gasteiger partial charge in [-0.25, -0.2) is 4.79 Å². The minimum Gasteiger partial charge on any atom is -0.458 e. The summed E-state index contributed by atoms with van der Waals surface area (Å²) in [4.78, 5) is 18.3. The minimum atomic E-state index is -0.674. The van der Waals surface area contributed by atoms with Crippen LogP contribution in [0.5, 0.6) is 0 Å². The third-order valence-corrected chi connectivity index (χ3v) is 5.55. The molecule has 1 unspecified atom stereocenters. The topological polar surface area (TPSA) is 38.7 Å². The first-order valence-electron chi connectivity index (χ1n) is 11.9. The van der Waals surface area contributed by atoms with Crippen LogP contribution < -0.4 is 0 Å². The Morgan fingerprint density at radius 2 is 1.14 bits per heavy atom. The Labute approximate surface area is 208 Å². The SMILES string of the molecule is CC(C)(C)OC(=O)C(Cc1ccc(-c2ccccc2)cc1)N=C(c1ccccc1)c1ccccc1. The smallest absolute Gasteiger partial charge is 0.331 e. The number of hydrogen-bond acceptors (Lipinski definition) is 3. The number of nitrogens with zero attached hydrogens (tertiary/aromatic N) is 1. The molecule has 0 bridgehead atoms. The number of benzene rings is 4. The Kier molecular flexibility index (Phi) is 7.57. The van der Waals surface area contributed by atoms with Gasteiger partial charge in [-0.1, -0.05) is 115 Å². The van der Waals surface area contributed by atoms with E-state index in [4.69, 9.17) is 9.73 Å². The van der Waals surface area contributed by atoms with Gasteiger partial charge in [0.1, 0.15) is 5.60 Å². The Bertz CT molecular complexity index is 1210. The lowest BCUT2D eigenvalue weighted by Gasteiger charge is -2.23. The average molecular weight is 462 g/mol. The van der Waals surface area contributed by atoms with E-state index in [1.807, 2.05) is 99.6 Å². The van der Waals surface area contributed by atoms with Crippen LogP contribution in [0.4, 0.5) is 0 Å². The summed E-state index contributed by atoms with van der Waals surface area (Å²) in [7, 11) is 0. The average Bonchev–Trinajstić information content (AvgIpc) is 2.87. The van der Waals surface area contributed by atoms with Crippen LogP contribution in [0, 0.1) is 0 Å². The van der Waals surface area contributed by atoms with Crippen LogP contribution in [-0.2, 0) is 16.0 Å². The van der Waals surface area contributed by atoms with E-state index in [0.717, 1.165) is 33.5 Å². The van der Waals surface area contributed by atoms with Crippen LogP contribution in [0.15, 0.2) is 120 Å². The zero-order valence-corrected chi connectivity index (χ0v) is 20.5. The van der Waals surface area contributed by atoms with E-state index in [-0.39, 0.29) is 5.97 Å². The molecular formula is C32H31NO2. The Morgan fingerprint density at radius 3 is 1.63 bits per heavy atom. The number of esters is 1. The molecule has 0 N–H and O–H groups in total. The largest absolute Gasteiger partial charge is 0.458 e. The lowest BCUT2D eigenvalue weighted by molar-refractivity contribution is -0.156. The van der Waals surface area contributed by atoms with E-state index >= 15 is 0 Å². The van der Waals surface area contributed by atoms with Gasteiger partial charge in [-0.05, 0) is 37.5 Å². The van der Waals surface area contributed by atoms with E-state index in [9.17, 15) is 4.79 Å². The van der Waals surface area contributed by atoms with E-state index in [1.54, 1.807) is 0 Å². The first kappa shape index (κ1) is 24.2. The standard InChI is InChI=1S/C32H31NO2/c1-32(2,3)35-31(34)29(23-24-19-21-26(22-20-24)25-13-7-4-8-14-25)33-30(27-15-9-5-10-16-27)28-17-11-6-12-18-28/h4-22,29H,23H2,1-3H3. The fourth-order valence-electron chi connectivity index (χ4n) is 3.90. The molecule has 0 heterocycles. The molecule has 0 aliphatic carbocycles. The second-order valence-corrected chi connectivity index (χ2v) is 9.53. The quantitative estimate of drug-likeness (QED) is 0.217. The molecule has 0 spiro atoms. The number of carbonyl (C=O) groups is 1. The zero-order valence-electron chi connectivity index (χ0n) is 20.5. The predicted octanol–water partition coefficient (Wildman–Crippen LogP) is 7.14. The van der Waals surface area contributed by atoms with Crippen molar-refractivity contribution in [1.82, 2.24) is 0 Å². The van der Waals surface area contributed by atoms with Crippen LogP contribution in [-0.4, -0.2) is 23.3 Å². The predicted molar refractivity (Wildman–Crippen MR) is 144 cm³/mol. The van der Waals surface area contributed by atoms with Gasteiger partial charge in [0.2, 0.25) is 0 Å². The maximum Gasteiger partial charge on any atom is 0.331 e. The molecular weight excluding hydrogens is 430 g/mol. The normalized spacial score (nSPS) is 12.0. The molecule has 0 saturated heterocycles. The maximum atomic E-state index is 13.3. The summed E-state index contributed by atoms with van der Waals surface area (Å²) in [5.41, 5.74) is 5.45. The van der Waals surface area contributed by atoms with Crippen molar-refractivity contribution in [3.05, 3.63) is 132 Å². The van der Waals surface area contributed by atoms with Crippen LogP contribution in [0.2, 0.25) is 0 Å². The highest BCUT2D eigenvalue weighted by atomic mass is 16.6. The molecule has 3 heteroatoms. The van der Waals surface area contributed by atoms with Crippen molar-refractivity contribution < 1.29 is 9.53 Å². The molecule has 0 fully saturated rings. The molecule has 3 nitrogen and oxygen atoms in total. The summed E-state index contributed by atoms with van der Waals surface area (Å²) in [5.74, 6) is -0.325. The second kappa shape index (κ2) is 11.0. The van der Waals surface area contributed by atoms with Gasteiger partial charge in [0.15, 0.2) is 6.04 Å². The van der Waals surface area contributed by atoms with E-state index in [0.29, 0.717) is 6.42 Å². The summed E-state index contributed by atoms with van der Waals surface area (Å²) in [6.45, 7) is 5.65. The van der Waals surface area contributed by atoms with Crippen molar-refractivity contribution in [3.63, 3.8) is 0 Å². The Hall–Kier alpha value is -3.98. The van der Waals surface area contributed by atoms with Gasteiger partial charge in [-0.15, -0.1) is 0 Å². The van der Waals surface area contributed by atoms with Crippen molar-refractivity contribution in [2.45, 2.75) is 38.8 Å². The van der Waals surface area contributed by atoms with E-state index in [2.05, 4.69) is 36.4 Å². The molecule has 0 aromatic heterocycles. The monoisotopic (exact) mass is 461 g/mol. The molecule has 0 amide bonds. The molecule has 0 radical (unpaired) electrons. The highest BCUT2D eigenvalue weighted by molar-refractivity contribution is 6.13. The lowest BCUT2D eigenvalue weighted by Crippen LogP contribution is -2.33. The number of aliphatic imine (C=N–C) groups is 1. The molecule has 4 rings (SSSR count). The zero-order chi connectivity index (χ0) is 24.7. The van der Waals surface area contributed by atoms with Gasteiger partial charge in [0.25, 0.3) is 0 Å². The fraction of sp³-hybridized carbons (Fsp3) is 0.188. The van der Waals surface area contributed by atoms with Crippen molar-refractivity contribution in [1.29, 1.82) is 0 Å². The Morgan fingerprint density at radius 1 is 0.686 bits per heavy atom. The summed E-state index contributed by atoms with van der Waals surface area (Å²) < 4.78 is 5.79. The summed E-state index contributed by atoms with van der Waals surface area (Å²) in [5, 5.41) is 0. The van der Waals surface area contributed by atoms with E-state index < -0.39 is 11.6 Å². The minimum absolute atomic E-state index is 0.325. The van der Waals surface area contributed by atoms with E-state index in [1.165, 1.54) is 0 Å². The highest BCUT2D eigenvalue weighted by Crippen LogP contribution is 2.22. The third-order valence-electron chi connectivity index (χ3n) is 5.55. The number of rotatable bonds is 7. The number of carbonyl (C=O) groups excluding carboxylic acids is 1. The fourth-order valence-corrected chi connectivity index (χ4v) is 3.90. The lowest BCUT2D eigenvalue weighted by atomic mass is 9.99. The van der Waals surface area contributed by atoms with Gasteiger partial charge in [0, 0.05) is 17.5 Å². The number of ether oxygens (including phenoxy) is 1. The van der Waals surface area contributed by atoms with Crippen LogP contribution in [0.25, 0.3) is 11.1 Å². The van der Waals surface area contributed by atoms with Crippen molar-refractivity contribution in [2.24, 2.45) is 4.99 Å². The van der Waals surface area contributed by atoms with Crippen LogP contribution >= 0.6 is 0 Å². The Balaban J connectivity index is 1.70. The van der Waals surface area contributed by atoms with Crippen molar-refractivity contribution >= 4 is 11.7 Å². The summed E-state index contributed by atoms with van der Waals surface area (Å²) in [6, 6.07) is 37.9. The van der Waals surface area contributed by atoms with Gasteiger partial charge >= 0.3 is 5.97 Å². The van der Waals surface area contributed by atoms with Crippen LogP contribution in [0.1, 0.15) is 37.5 Å². The third kappa shape index (κ3) is 6.77. The molecule has 1 atom stereocenters. The highest BCUT2D eigenvalue weighted by Gasteiger charge is 2.26. The van der Waals surface area contributed by atoms with Crippen molar-refractivity contribution in [2.75, 3.05) is 0 Å². The van der Waals surface area contributed by atoms with Gasteiger partial charge in [-0.3, -0.25) is 4.99 Å². The van der Waals surface area contributed by atoms with Crippen LogP contribution in [0.3, 0.4) is 0 Å². The number of hydrogen-bond donors (Lipinski definition) is 0. The second-order valence-electron chi connectivity index (χ2n) is 9.53. The van der Waals surface area contributed by atoms with Gasteiger partial charge in [0.05, 0.1) is 5.71 Å². The summed E-state index contributed by atoms with van der Waals surface area (Å²) in [6.07, 6.45) is 0.452.